The zero-order chi connectivity index (χ0) is 12.8. The minimum absolute atomic E-state index is 0.717. The lowest BCUT2D eigenvalue weighted by atomic mass is 10.2. The van der Waals surface area contributed by atoms with Crippen LogP contribution in [0.2, 0.25) is 0 Å². The van der Waals surface area contributed by atoms with Crippen molar-refractivity contribution in [1.29, 1.82) is 0 Å². The van der Waals surface area contributed by atoms with E-state index in [2.05, 4.69) is 17.0 Å². The second-order valence-electron chi connectivity index (χ2n) is 4.75. The van der Waals surface area contributed by atoms with Crippen LogP contribution in [-0.2, 0) is 17.6 Å². The summed E-state index contributed by atoms with van der Waals surface area (Å²) in [5.74, 6) is 1.07. The molecule has 1 aliphatic carbocycles. The van der Waals surface area contributed by atoms with Crippen molar-refractivity contribution < 1.29 is 4.74 Å². The molecule has 0 saturated heterocycles. The smallest absolute Gasteiger partial charge is 0.128 e. The third-order valence-corrected chi connectivity index (χ3v) is 3.43. The summed E-state index contributed by atoms with van der Waals surface area (Å²) in [5, 5.41) is 0. The molecule has 2 rings (SSSR count). The van der Waals surface area contributed by atoms with Gasteiger partial charge in [-0.25, -0.2) is 4.98 Å². The predicted molar refractivity (Wildman–Crippen MR) is 74.0 cm³/mol. The van der Waals surface area contributed by atoms with Crippen molar-refractivity contribution in [3.63, 3.8) is 0 Å². The van der Waals surface area contributed by atoms with Crippen molar-refractivity contribution >= 4 is 5.82 Å². The molecule has 0 aromatic carbocycles. The molecule has 2 N–H and O–H groups in total. The van der Waals surface area contributed by atoms with Gasteiger partial charge in [0.15, 0.2) is 0 Å². The molecule has 0 saturated carbocycles. The van der Waals surface area contributed by atoms with Crippen LogP contribution in [0.15, 0.2) is 12.1 Å². The Labute approximate surface area is 109 Å². The number of ether oxygens (including phenoxy) is 1. The van der Waals surface area contributed by atoms with Gasteiger partial charge in [-0.2, -0.15) is 0 Å². The minimum atomic E-state index is 0.717. The molecule has 1 heterocycles. The van der Waals surface area contributed by atoms with Crippen molar-refractivity contribution in [3.05, 3.63) is 23.4 Å². The fourth-order valence-corrected chi connectivity index (χ4v) is 2.41. The van der Waals surface area contributed by atoms with E-state index in [0.717, 1.165) is 38.4 Å². The number of fused-ring (bicyclic) bond motifs is 1. The molecular formula is C14H23N3O. The predicted octanol–water partition coefficient (Wildman–Crippen LogP) is 1.37. The average molecular weight is 249 g/mol. The van der Waals surface area contributed by atoms with Crippen LogP contribution in [0.25, 0.3) is 0 Å². The zero-order valence-electron chi connectivity index (χ0n) is 11.2. The molecule has 0 atom stereocenters. The van der Waals surface area contributed by atoms with Crippen LogP contribution < -0.4 is 10.6 Å². The maximum absolute atomic E-state index is 5.60. The van der Waals surface area contributed by atoms with E-state index >= 15 is 0 Å². The second-order valence-corrected chi connectivity index (χ2v) is 4.75. The highest BCUT2D eigenvalue weighted by atomic mass is 16.5. The van der Waals surface area contributed by atoms with Gasteiger partial charge in [0.05, 0.1) is 6.61 Å². The first kappa shape index (κ1) is 13.3. The maximum atomic E-state index is 5.60. The Morgan fingerprint density at radius 2 is 2.22 bits per heavy atom. The van der Waals surface area contributed by atoms with Gasteiger partial charge < -0.3 is 15.4 Å². The average Bonchev–Trinajstić information content (AvgIpc) is 2.86. The van der Waals surface area contributed by atoms with Crippen LogP contribution in [0.1, 0.15) is 24.1 Å². The molecule has 0 aliphatic heterocycles. The number of aryl methyl sites for hydroxylation is 2. The van der Waals surface area contributed by atoms with Crippen LogP contribution in [0.3, 0.4) is 0 Å². The van der Waals surface area contributed by atoms with Crippen LogP contribution in [0, 0.1) is 0 Å². The van der Waals surface area contributed by atoms with Crippen LogP contribution in [0.4, 0.5) is 5.82 Å². The standard InChI is InChI=1S/C14H23N3O/c1-18-11-10-17(9-3-8-15)14-7-6-12-4-2-5-13(12)16-14/h6-7H,2-5,8-11,15H2,1H3. The molecule has 0 unspecified atom stereocenters. The molecule has 18 heavy (non-hydrogen) atoms. The van der Waals surface area contributed by atoms with E-state index in [-0.39, 0.29) is 0 Å². The van der Waals surface area contributed by atoms with E-state index in [4.69, 9.17) is 15.5 Å². The van der Waals surface area contributed by atoms with E-state index in [9.17, 15) is 0 Å². The highest BCUT2D eigenvalue weighted by molar-refractivity contribution is 5.43. The summed E-state index contributed by atoms with van der Waals surface area (Å²) in [5.41, 5.74) is 8.30. The van der Waals surface area contributed by atoms with Gasteiger partial charge >= 0.3 is 0 Å². The topological polar surface area (TPSA) is 51.4 Å². The van der Waals surface area contributed by atoms with E-state index in [0.29, 0.717) is 6.54 Å². The molecule has 1 aromatic rings. The SMILES string of the molecule is COCCN(CCCN)c1ccc2c(n1)CCC2. The molecule has 0 radical (unpaired) electrons. The summed E-state index contributed by atoms with van der Waals surface area (Å²) in [7, 11) is 1.73. The van der Waals surface area contributed by atoms with Gasteiger partial charge in [-0.05, 0) is 43.9 Å². The highest BCUT2D eigenvalue weighted by Gasteiger charge is 2.15. The lowest BCUT2D eigenvalue weighted by Gasteiger charge is -2.23. The van der Waals surface area contributed by atoms with E-state index in [1.54, 1.807) is 7.11 Å². The third kappa shape index (κ3) is 3.21. The Morgan fingerprint density at radius 3 is 3.00 bits per heavy atom. The molecule has 0 amide bonds. The van der Waals surface area contributed by atoms with Crippen LogP contribution in [0.5, 0.6) is 0 Å². The summed E-state index contributed by atoms with van der Waals surface area (Å²) in [4.78, 5) is 7.06. The van der Waals surface area contributed by atoms with Crippen molar-refractivity contribution in [1.82, 2.24) is 4.98 Å². The molecule has 1 aromatic heterocycles. The Hall–Kier alpha value is -1.13. The molecule has 100 valence electrons. The van der Waals surface area contributed by atoms with E-state index in [1.165, 1.54) is 24.1 Å². The number of methoxy groups -OCH3 is 1. The molecule has 4 nitrogen and oxygen atoms in total. The molecular weight excluding hydrogens is 226 g/mol. The first-order valence-corrected chi connectivity index (χ1v) is 6.78. The number of nitrogens with zero attached hydrogens (tertiary/aromatic N) is 2. The summed E-state index contributed by atoms with van der Waals surface area (Å²) >= 11 is 0. The van der Waals surface area contributed by atoms with Crippen molar-refractivity contribution in [3.8, 4) is 0 Å². The molecule has 0 bridgehead atoms. The van der Waals surface area contributed by atoms with Crippen LogP contribution >= 0.6 is 0 Å². The highest BCUT2D eigenvalue weighted by Crippen LogP contribution is 2.23. The quantitative estimate of drug-likeness (QED) is 0.793. The molecule has 0 spiro atoms. The number of hydrogen-bond acceptors (Lipinski definition) is 4. The van der Waals surface area contributed by atoms with Crippen LogP contribution in [-0.4, -0.2) is 38.3 Å². The number of nitrogens with two attached hydrogens (primary N) is 1. The number of hydrogen-bond donors (Lipinski definition) is 1. The lowest BCUT2D eigenvalue weighted by molar-refractivity contribution is 0.205. The fourth-order valence-electron chi connectivity index (χ4n) is 2.41. The summed E-state index contributed by atoms with van der Waals surface area (Å²) < 4.78 is 5.17. The Kier molecular flexibility index (Phi) is 4.96. The number of pyridine rings is 1. The lowest BCUT2D eigenvalue weighted by Crippen LogP contribution is -2.30. The Morgan fingerprint density at radius 1 is 1.33 bits per heavy atom. The Balaban J connectivity index is 2.08. The van der Waals surface area contributed by atoms with Gasteiger partial charge in [-0.1, -0.05) is 6.07 Å². The first-order chi connectivity index (χ1) is 8.85. The van der Waals surface area contributed by atoms with Gasteiger partial charge in [0.1, 0.15) is 5.82 Å². The molecule has 1 aliphatic rings. The van der Waals surface area contributed by atoms with Crippen molar-refractivity contribution in [2.45, 2.75) is 25.7 Å². The zero-order valence-corrected chi connectivity index (χ0v) is 11.2. The van der Waals surface area contributed by atoms with E-state index in [1.807, 2.05) is 0 Å². The third-order valence-electron chi connectivity index (χ3n) is 3.43. The monoisotopic (exact) mass is 249 g/mol. The van der Waals surface area contributed by atoms with Gasteiger partial charge in [0.2, 0.25) is 0 Å². The largest absolute Gasteiger partial charge is 0.383 e. The summed E-state index contributed by atoms with van der Waals surface area (Å²) in [6.45, 7) is 3.27. The van der Waals surface area contributed by atoms with Crippen molar-refractivity contribution in [2.75, 3.05) is 38.3 Å². The number of anilines is 1. The minimum Gasteiger partial charge on any atom is -0.383 e. The summed E-state index contributed by atoms with van der Waals surface area (Å²) in [6.07, 6.45) is 4.54. The second kappa shape index (κ2) is 6.71. The van der Waals surface area contributed by atoms with Gasteiger partial charge in [0, 0.05) is 25.9 Å². The van der Waals surface area contributed by atoms with Gasteiger partial charge in [-0.15, -0.1) is 0 Å². The maximum Gasteiger partial charge on any atom is 0.128 e. The van der Waals surface area contributed by atoms with Gasteiger partial charge in [-0.3, -0.25) is 0 Å². The first-order valence-electron chi connectivity index (χ1n) is 6.78. The molecule has 4 heteroatoms. The normalized spacial score (nSPS) is 13.7. The number of aromatic nitrogens is 1. The fraction of sp³-hybridized carbons (Fsp3) is 0.643. The number of rotatable bonds is 7. The summed E-state index contributed by atoms with van der Waals surface area (Å²) in [6, 6.07) is 4.36. The van der Waals surface area contributed by atoms with Gasteiger partial charge in [0.25, 0.3) is 0 Å². The van der Waals surface area contributed by atoms with E-state index < -0.39 is 0 Å². The Bertz CT molecular complexity index is 373. The molecule has 0 fully saturated rings. The van der Waals surface area contributed by atoms with Crippen molar-refractivity contribution in [2.24, 2.45) is 5.73 Å².